The van der Waals surface area contributed by atoms with Gasteiger partial charge in [0.15, 0.2) is 0 Å². The van der Waals surface area contributed by atoms with E-state index in [1.165, 1.54) is 11.1 Å². The first-order chi connectivity index (χ1) is 12.4. The Kier molecular flexibility index (Phi) is 6.33. The molecule has 0 bridgehead atoms. The van der Waals surface area contributed by atoms with E-state index >= 15 is 0 Å². The maximum Gasteiger partial charge on any atom is 0.236 e. The number of ether oxygens (including phenoxy) is 1. The number of nitrogens with zero attached hydrogens (tertiary/aromatic N) is 3. The van der Waals surface area contributed by atoms with Gasteiger partial charge in [-0.15, -0.1) is 0 Å². The molecule has 0 radical (unpaired) electrons. The summed E-state index contributed by atoms with van der Waals surface area (Å²) in [6.07, 6.45) is 0. The number of amides is 1. The topological polar surface area (TPSA) is 36.0 Å². The standard InChI is InChI=1S/C21H33N3O2/c1-21(2,3)19-6-4-18(5-7-19)16-22-8-10-23(11-9-22)17-20(25)24-12-14-26-15-13-24/h4-7H,8-17H2,1-3H3. The quantitative estimate of drug-likeness (QED) is 0.823. The van der Waals surface area contributed by atoms with Crippen LogP contribution >= 0.6 is 0 Å². The number of morpholine rings is 1. The predicted molar refractivity (Wildman–Crippen MR) is 104 cm³/mol. The Morgan fingerprint density at radius 2 is 1.50 bits per heavy atom. The lowest BCUT2D eigenvalue weighted by molar-refractivity contribution is -0.136. The summed E-state index contributed by atoms with van der Waals surface area (Å²) in [4.78, 5) is 19.1. The van der Waals surface area contributed by atoms with E-state index in [-0.39, 0.29) is 11.3 Å². The van der Waals surface area contributed by atoms with E-state index in [9.17, 15) is 4.79 Å². The number of rotatable bonds is 4. The second-order valence-electron chi connectivity index (χ2n) is 8.49. The SMILES string of the molecule is CC(C)(C)c1ccc(CN2CCN(CC(=O)N3CCOCC3)CC2)cc1. The molecule has 2 fully saturated rings. The summed E-state index contributed by atoms with van der Waals surface area (Å²) >= 11 is 0. The van der Waals surface area contributed by atoms with Gasteiger partial charge in [-0.05, 0) is 16.5 Å². The summed E-state index contributed by atoms with van der Waals surface area (Å²) in [5.74, 6) is 0.250. The van der Waals surface area contributed by atoms with Gasteiger partial charge < -0.3 is 9.64 Å². The molecule has 1 aromatic carbocycles. The minimum atomic E-state index is 0.206. The molecule has 2 heterocycles. The third-order valence-electron chi connectivity index (χ3n) is 5.41. The molecule has 0 unspecified atom stereocenters. The monoisotopic (exact) mass is 359 g/mol. The van der Waals surface area contributed by atoms with Crippen molar-refractivity contribution in [3.05, 3.63) is 35.4 Å². The molecule has 1 aromatic rings. The molecular weight excluding hydrogens is 326 g/mol. The van der Waals surface area contributed by atoms with Crippen LogP contribution < -0.4 is 0 Å². The average molecular weight is 360 g/mol. The van der Waals surface area contributed by atoms with Gasteiger partial charge in [0, 0.05) is 45.8 Å². The Hall–Kier alpha value is -1.43. The third kappa shape index (κ3) is 5.29. The Morgan fingerprint density at radius 3 is 2.08 bits per heavy atom. The maximum absolute atomic E-state index is 12.4. The molecule has 3 rings (SSSR count). The summed E-state index contributed by atoms with van der Waals surface area (Å²) in [5.41, 5.74) is 2.96. The molecule has 1 amide bonds. The van der Waals surface area contributed by atoms with E-state index in [4.69, 9.17) is 4.74 Å². The van der Waals surface area contributed by atoms with Crippen molar-refractivity contribution in [1.29, 1.82) is 0 Å². The lowest BCUT2D eigenvalue weighted by Gasteiger charge is -2.36. The first-order valence-electron chi connectivity index (χ1n) is 9.81. The van der Waals surface area contributed by atoms with Crippen LogP contribution in [0.4, 0.5) is 0 Å². The highest BCUT2D eigenvalue weighted by atomic mass is 16.5. The zero-order valence-electron chi connectivity index (χ0n) is 16.5. The van der Waals surface area contributed by atoms with Crippen molar-refractivity contribution in [1.82, 2.24) is 14.7 Å². The van der Waals surface area contributed by atoms with Crippen molar-refractivity contribution in [2.24, 2.45) is 0 Å². The van der Waals surface area contributed by atoms with Crippen molar-refractivity contribution in [2.75, 3.05) is 59.0 Å². The second-order valence-corrected chi connectivity index (χ2v) is 8.49. The zero-order chi connectivity index (χ0) is 18.6. The van der Waals surface area contributed by atoms with Crippen LogP contribution in [-0.4, -0.2) is 79.6 Å². The van der Waals surface area contributed by atoms with Crippen LogP contribution in [0.15, 0.2) is 24.3 Å². The van der Waals surface area contributed by atoms with Crippen LogP contribution in [0.5, 0.6) is 0 Å². The van der Waals surface area contributed by atoms with Gasteiger partial charge >= 0.3 is 0 Å². The highest BCUT2D eigenvalue weighted by Crippen LogP contribution is 2.22. The van der Waals surface area contributed by atoms with Crippen LogP contribution in [0.2, 0.25) is 0 Å². The lowest BCUT2D eigenvalue weighted by Crippen LogP contribution is -2.51. The van der Waals surface area contributed by atoms with Crippen LogP contribution in [0, 0.1) is 0 Å². The molecule has 0 N–H and O–H groups in total. The first-order valence-corrected chi connectivity index (χ1v) is 9.81. The van der Waals surface area contributed by atoms with E-state index < -0.39 is 0 Å². The van der Waals surface area contributed by atoms with E-state index in [0.29, 0.717) is 19.8 Å². The third-order valence-corrected chi connectivity index (χ3v) is 5.41. The summed E-state index contributed by atoms with van der Waals surface area (Å²) in [6, 6.07) is 9.03. The van der Waals surface area contributed by atoms with Gasteiger partial charge in [0.1, 0.15) is 0 Å². The molecule has 5 nitrogen and oxygen atoms in total. The fourth-order valence-corrected chi connectivity index (χ4v) is 3.58. The Balaban J connectivity index is 1.43. The highest BCUT2D eigenvalue weighted by molar-refractivity contribution is 5.78. The van der Waals surface area contributed by atoms with Crippen LogP contribution in [0.1, 0.15) is 31.9 Å². The summed E-state index contributed by atoms with van der Waals surface area (Å²) in [5, 5.41) is 0. The Bertz CT molecular complexity index is 580. The van der Waals surface area contributed by atoms with Crippen molar-refractivity contribution in [3.63, 3.8) is 0 Å². The van der Waals surface area contributed by atoms with Crippen molar-refractivity contribution in [2.45, 2.75) is 32.7 Å². The molecule has 144 valence electrons. The predicted octanol–water partition coefficient (Wildman–Crippen LogP) is 1.96. The fourth-order valence-electron chi connectivity index (χ4n) is 3.58. The molecule has 2 saturated heterocycles. The molecule has 0 aromatic heterocycles. The number of benzene rings is 1. The summed E-state index contributed by atoms with van der Waals surface area (Å²) < 4.78 is 5.32. The number of carbonyl (C=O) groups is 1. The number of hydrogen-bond acceptors (Lipinski definition) is 4. The van der Waals surface area contributed by atoms with Gasteiger partial charge in [-0.2, -0.15) is 0 Å². The molecule has 5 heteroatoms. The normalized spacial score (nSPS) is 20.3. The van der Waals surface area contributed by atoms with E-state index in [2.05, 4.69) is 54.8 Å². The van der Waals surface area contributed by atoms with Crippen molar-refractivity contribution >= 4 is 5.91 Å². The number of carbonyl (C=O) groups excluding carboxylic acids is 1. The molecule has 0 saturated carbocycles. The van der Waals surface area contributed by atoms with E-state index in [1.54, 1.807) is 0 Å². The van der Waals surface area contributed by atoms with Crippen molar-refractivity contribution < 1.29 is 9.53 Å². The van der Waals surface area contributed by atoms with Gasteiger partial charge in [0.05, 0.1) is 19.8 Å². The molecule has 2 aliphatic heterocycles. The van der Waals surface area contributed by atoms with Gasteiger partial charge in [-0.1, -0.05) is 45.0 Å². The number of hydrogen-bond donors (Lipinski definition) is 0. The van der Waals surface area contributed by atoms with Crippen molar-refractivity contribution in [3.8, 4) is 0 Å². The largest absolute Gasteiger partial charge is 0.378 e. The van der Waals surface area contributed by atoms with Crippen LogP contribution in [-0.2, 0) is 21.5 Å². The van der Waals surface area contributed by atoms with Crippen LogP contribution in [0.25, 0.3) is 0 Å². The molecule has 2 aliphatic rings. The highest BCUT2D eigenvalue weighted by Gasteiger charge is 2.23. The molecule has 26 heavy (non-hydrogen) atoms. The average Bonchev–Trinajstić information content (AvgIpc) is 2.64. The number of piperazine rings is 1. The second kappa shape index (κ2) is 8.51. The maximum atomic E-state index is 12.4. The van der Waals surface area contributed by atoms with E-state index in [0.717, 1.165) is 45.8 Å². The molecular formula is C21H33N3O2. The first kappa shape index (κ1) is 19.3. The summed E-state index contributed by atoms with van der Waals surface area (Å²) in [7, 11) is 0. The Morgan fingerprint density at radius 1 is 0.923 bits per heavy atom. The van der Waals surface area contributed by atoms with Gasteiger partial charge in [-0.25, -0.2) is 0 Å². The minimum Gasteiger partial charge on any atom is -0.378 e. The fraction of sp³-hybridized carbons (Fsp3) is 0.667. The van der Waals surface area contributed by atoms with Gasteiger partial charge in [-0.3, -0.25) is 14.6 Å². The van der Waals surface area contributed by atoms with E-state index in [1.807, 2.05) is 4.90 Å². The molecule has 0 spiro atoms. The van der Waals surface area contributed by atoms with Gasteiger partial charge in [0.25, 0.3) is 0 Å². The molecule has 0 atom stereocenters. The summed E-state index contributed by atoms with van der Waals surface area (Å²) in [6.45, 7) is 15.1. The zero-order valence-corrected chi connectivity index (χ0v) is 16.5. The minimum absolute atomic E-state index is 0.206. The van der Waals surface area contributed by atoms with Crippen LogP contribution in [0.3, 0.4) is 0 Å². The lowest BCUT2D eigenvalue weighted by atomic mass is 9.87. The Labute approximate surface area is 157 Å². The van der Waals surface area contributed by atoms with Gasteiger partial charge in [0.2, 0.25) is 5.91 Å². The molecule has 0 aliphatic carbocycles. The smallest absolute Gasteiger partial charge is 0.236 e.